The molecule has 5 nitrogen and oxygen atoms in total. The number of Topliss-reactive ketones (excluding diaryl/α,β-unsaturated/α-hetero) is 1. The van der Waals surface area contributed by atoms with Crippen LogP contribution >= 0.6 is 35.0 Å². The number of fused-ring (bicyclic) bond motifs is 1. The van der Waals surface area contributed by atoms with Crippen molar-refractivity contribution in [2.24, 2.45) is 0 Å². The topological polar surface area (TPSA) is 52.2 Å². The third kappa shape index (κ3) is 3.80. The number of carbonyl (C=O) groups is 1. The lowest BCUT2D eigenvalue weighted by atomic mass is 10.2. The van der Waals surface area contributed by atoms with Gasteiger partial charge in [0.15, 0.2) is 16.6 Å². The van der Waals surface area contributed by atoms with Gasteiger partial charge >= 0.3 is 0 Å². The van der Waals surface area contributed by atoms with Gasteiger partial charge in [-0.15, -0.1) is 10.2 Å². The summed E-state index contributed by atoms with van der Waals surface area (Å²) in [5.41, 5.74) is 5.42. The van der Waals surface area contributed by atoms with Gasteiger partial charge in [0.05, 0.1) is 15.8 Å². The van der Waals surface area contributed by atoms with Crippen LogP contribution in [0.1, 0.15) is 27.3 Å². The Kier molecular flexibility index (Phi) is 5.42. The highest BCUT2D eigenvalue weighted by atomic mass is 35.5. The van der Waals surface area contributed by atoms with Gasteiger partial charge in [-0.3, -0.25) is 9.20 Å². The number of hydrogen-bond acceptors (Lipinski definition) is 4. The first kappa shape index (κ1) is 20.0. The number of ketones is 1. The van der Waals surface area contributed by atoms with Gasteiger partial charge in [-0.2, -0.15) is 0 Å². The summed E-state index contributed by atoms with van der Waals surface area (Å²) < 4.78 is 3.81. The molecule has 0 unspecified atom stereocenters. The Hall–Kier alpha value is -2.28. The number of benzene rings is 1. The van der Waals surface area contributed by atoms with Crippen molar-refractivity contribution in [1.82, 2.24) is 19.2 Å². The van der Waals surface area contributed by atoms with E-state index in [1.54, 1.807) is 16.7 Å². The van der Waals surface area contributed by atoms with Gasteiger partial charge in [-0.1, -0.05) is 52.7 Å². The quantitative estimate of drug-likeness (QED) is 0.291. The number of halogens is 2. The maximum atomic E-state index is 12.9. The molecule has 0 saturated heterocycles. The highest BCUT2D eigenvalue weighted by Crippen LogP contribution is 2.27. The molecule has 0 N–H and O–H groups in total. The molecule has 4 rings (SSSR count). The summed E-state index contributed by atoms with van der Waals surface area (Å²) in [5.74, 6) is 0.273. The number of rotatable bonds is 5. The fourth-order valence-corrected chi connectivity index (χ4v) is 4.65. The predicted molar refractivity (Wildman–Crippen MR) is 118 cm³/mol. The summed E-state index contributed by atoms with van der Waals surface area (Å²) in [5, 5.41) is 9.70. The smallest absolute Gasteiger partial charge is 0.196 e. The molecule has 0 spiro atoms. The summed E-state index contributed by atoms with van der Waals surface area (Å²) in [6.45, 7) is 6.03. The van der Waals surface area contributed by atoms with Gasteiger partial charge in [0.1, 0.15) is 0 Å². The van der Waals surface area contributed by atoms with Gasteiger partial charge in [-0.25, -0.2) is 0 Å². The lowest BCUT2D eigenvalue weighted by Gasteiger charge is -2.10. The van der Waals surface area contributed by atoms with Crippen LogP contribution < -0.4 is 0 Å². The lowest BCUT2D eigenvalue weighted by molar-refractivity contribution is 0.102. The largest absolute Gasteiger partial charge is 0.318 e. The van der Waals surface area contributed by atoms with Crippen molar-refractivity contribution in [1.29, 1.82) is 0 Å². The molecule has 29 heavy (non-hydrogen) atoms. The first-order valence-corrected chi connectivity index (χ1v) is 10.7. The first-order chi connectivity index (χ1) is 13.8. The fourth-order valence-electron chi connectivity index (χ4n) is 3.34. The Balaban J connectivity index is 1.58. The molecule has 0 amide bonds. The maximum Gasteiger partial charge on any atom is 0.196 e. The Morgan fingerprint density at radius 3 is 2.52 bits per heavy atom. The van der Waals surface area contributed by atoms with Crippen LogP contribution in [0.5, 0.6) is 0 Å². The van der Waals surface area contributed by atoms with Crippen LogP contribution in [0.25, 0.3) is 11.3 Å². The summed E-state index contributed by atoms with van der Waals surface area (Å²) in [7, 11) is 0. The number of aryl methyl sites for hydroxylation is 2. The Morgan fingerprint density at radius 1 is 1.07 bits per heavy atom. The molecule has 8 heteroatoms. The van der Waals surface area contributed by atoms with E-state index in [0.717, 1.165) is 17.1 Å². The molecule has 0 bridgehead atoms. The minimum Gasteiger partial charge on any atom is -0.318 e. The molecule has 0 saturated carbocycles. The van der Waals surface area contributed by atoms with Crippen LogP contribution in [0.15, 0.2) is 47.8 Å². The van der Waals surface area contributed by atoms with Crippen molar-refractivity contribution >= 4 is 46.4 Å². The molecule has 3 aromatic heterocycles. The predicted octanol–water partition coefficient (Wildman–Crippen LogP) is 5.73. The van der Waals surface area contributed by atoms with E-state index in [-0.39, 0.29) is 11.5 Å². The minimum atomic E-state index is 0.0336. The van der Waals surface area contributed by atoms with Crippen LogP contribution in [0.3, 0.4) is 0 Å². The third-order valence-corrected chi connectivity index (χ3v) is 6.18. The number of hydrogen-bond donors (Lipinski definition) is 0. The van der Waals surface area contributed by atoms with E-state index in [1.807, 2.05) is 19.9 Å². The zero-order valence-corrected chi connectivity index (χ0v) is 18.4. The lowest BCUT2D eigenvalue weighted by Crippen LogP contribution is -2.06. The summed E-state index contributed by atoms with van der Waals surface area (Å²) in [6, 6.07) is 11.8. The van der Waals surface area contributed by atoms with Crippen molar-refractivity contribution in [3.05, 3.63) is 75.2 Å². The third-order valence-electron chi connectivity index (χ3n) is 4.75. The van der Waals surface area contributed by atoms with Crippen molar-refractivity contribution in [2.75, 3.05) is 5.75 Å². The number of nitrogens with zero attached hydrogens (tertiary/aromatic N) is 4. The van der Waals surface area contributed by atoms with Crippen LogP contribution in [0, 0.1) is 20.8 Å². The highest BCUT2D eigenvalue weighted by molar-refractivity contribution is 7.99. The van der Waals surface area contributed by atoms with Gasteiger partial charge in [0.2, 0.25) is 0 Å². The van der Waals surface area contributed by atoms with Gasteiger partial charge < -0.3 is 4.57 Å². The van der Waals surface area contributed by atoms with E-state index in [1.165, 1.54) is 17.3 Å². The van der Waals surface area contributed by atoms with E-state index in [0.29, 0.717) is 26.4 Å². The van der Waals surface area contributed by atoms with Crippen LogP contribution in [-0.4, -0.2) is 30.7 Å². The Labute approximate surface area is 182 Å². The Morgan fingerprint density at radius 2 is 1.79 bits per heavy atom. The summed E-state index contributed by atoms with van der Waals surface area (Å²) in [6.07, 6.45) is 1.69. The molecule has 0 fully saturated rings. The van der Waals surface area contributed by atoms with Crippen molar-refractivity contribution in [2.45, 2.75) is 25.9 Å². The monoisotopic (exact) mass is 444 g/mol. The van der Waals surface area contributed by atoms with Crippen LogP contribution in [-0.2, 0) is 0 Å². The first-order valence-electron chi connectivity index (χ1n) is 8.97. The summed E-state index contributed by atoms with van der Waals surface area (Å²) >= 11 is 13.5. The molecule has 0 radical (unpaired) electrons. The number of pyridine rings is 1. The van der Waals surface area contributed by atoms with Gasteiger partial charge in [0, 0.05) is 28.8 Å². The molecule has 0 aliphatic carbocycles. The molecular weight excluding hydrogens is 427 g/mol. The van der Waals surface area contributed by atoms with Crippen LogP contribution in [0.2, 0.25) is 10.0 Å². The second kappa shape index (κ2) is 7.86. The normalized spacial score (nSPS) is 11.3. The highest BCUT2D eigenvalue weighted by Gasteiger charge is 2.18. The SMILES string of the molecule is Cc1ccc(-n2c(C)cc(C(=O)CSc3nnc4c(Cl)cc(Cl)cn34)c2C)cc1. The van der Waals surface area contributed by atoms with Gasteiger partial charge in [-0.05, 0) is 45.0 Å². The molecular formula is C21H18Cl2N4OS. The number of thioether (sulfide) groups is 1. The van der Waals surface area contributed by atoms with E-state index in [2.05, 4.69) is 46.0 Å². The summed E-state index contributed by atoms with van der Waals surface area (Å²) in [4.78, 5) is 12.9. The second-order valence-corrected chi connectivity index (χ2v) is 8.64. The molecule has 4 aromatic rings. The van der Waals surface area contributed by atoms with Crippen LogP contribution in [0.4, 0.5) is 0 Å². The van der Waals surface area contributed by atoms with Gasteiger partial charge in [0.25, 0.3) is 0 Å². The van der Waals surface area contributed by atoms with E-state index in [9.17, 15) is 4.79 Å². The molecule has 148 valence electrons. The minimum absolute atomic E-state index is 0.0336. The average molecular weight is 445 g/mol. The molecule has 1 aromatic carbocycles. The average Bonchev–Trinajstić information content (AvgIpc) is 3.21. The molecule has 3 heterocycles. The standard InChI is InChI=1S/C21H18Cl2N4OS/c1-12-4-6-16(7-5-12)27-13(2)8-17(14(27)3)19(28)11-29-21-25-24-20-18(23)9-15(22)10-26(20)21/h4-10H,11H2,1-3H3. The Bertz CT molecular complexity index is 1230. The zero-order valence-electron chi connectivity index (χ0n) is 16.1. The van der Waals surface area contributed by atoms with E-state index < -0.39 is 0 Å². The maximum absolute atomic E-state index is 12.9. The van der Waals surface area contributed by atoms with Crippen molar-refractivity contribution in [3.8, 4) is 5.69 Å². The molecule has 0 aliphatic heterocycles. The second-order valence-electron chi connectivity index (χ2n) is 6.85. The molecule has 0 atom stereocenters. The number of carbonyl (C=O) groups excluding carboxylic acids is 1. The number of aromatic nitrogens is 4. The van der Waals surface area contributed by atoms with E-state index in [4.69, 9.17) is 23.2 Å². The van der Waals surface area contributed by atoms with Crippen molar-refractivity contribution in [3.63, 3.8) is 0 Å². The molecule has 0 aliphatic rings. The zero-order chi connectivity index (χ0) is 20.7. The van der Waals surface area contributed by atoms with E-state index >= 15 is 0 Å². The fraction of sp³-hybridized carbons (Fsp3) is 0.190. The van der Waals surface area contributed by atoms with Crippen molar-refractivity contribution < 1.29 is 4.79 Å².